The van der Waals surface area contributed by atoms with Crippen LogP contribution >= 0.6 is 0 Å². The average molecular weight is 457 g/mol. The second kappa shape index (κ2) is 8.96. The number of fused-ring (bicyclic) bond motifs is 1. The lowest BCUT2D eigenvalue weighted by atomic mass is 9.79. The molecule has 1 fully saturated rings. The minimum absolute atomic E-state index is 0.182. The summed E-state index contributed by atoms with van der Waals surface area (Å²) in [6.07, 6.45) is 5.19. The van der Waals surface area contributed by atoms with E-state index in [0.717, 1.165) is 48.1 Å². The number of hydrogen-bond donors (Lipinski definition) is 3. The molecule has 1 atom stereocenters. The molecular formula is C26H28N6O2. The van der Waals surface area contributed by atoms with Gasteiger partial charge < -0.3 is 20.3 Å². The number of likely N-dealkylation sites (tertiary alicyclic amines) is 1. The number of aliphatic hydroxyl groups is 1. The lowest BCUT2D eigenvalue weighted by Gasteiger charge is -2.38. The molecule has 34 heavy (non-hydrogen) atoms. The average Bonchev–Trinajstić information content (AvgIpc) is 2.84. The Morgan fingerprint density at radius 3 is 2.59 bits per heavy atom. The number of hydrogen-bond acceptors (Lipinski definition) is 7. The first kappa shape index (κ1) is 22.2. The molecule has 3 N–H and O–H groups in total. The van der Waals surface area contributed by atoms with Crippen LogP contribution in [0.5, 0.6) is 0 Å². The summed E-state index contributed by atoms with van der Waals surface area (Å²) in [6, 6.07) is 15.2. The number of rotatable bonds is 5. The van der Waals surface area contributed by atoms with E-state index in [0.29, 0.717) is 17.2 Å². The Bertz CT molecular complexity index is 1360. The minimum Gasteiger partial charge on any atom is -0.384 e. The van der Waals surface area contributed by atoms with Crippen molar-refractivity contribution in [3.05, 3.63) is 77.1 Å². The van der Waals surface area contributed by atoms with E-state index >= 15 is 0 Å². The molecule has 1 aliphatic rings. The lowest BCUT2D eigenvalue weighted by Crippen LogP contribution is -2.41. The summed E-state index contributed by atoms with van der Waals surface area (Å²) in [5, 5.41) is 15.6. The van der Waals surface area contributed by atoms with Crippen molar-refractivity contribution in [3.8, 4) is 11.3 Å². The number of nitrogens with zero attached hydrogens (tertiary/aromatic N) is 4. The van der Waals surface area contributed by atoms with Gasteiger partial charge in [-0.15, -0.1) is 0 Å². The maximum absolute atomic E-state index is 11.5. The van der Waals surface area contributed by atoms with Crippen LogP contribution < -0.4 is 11.0 Å². The summed E-state index contributed by atoms with van der Waals surface area (Å²) in [4.78, 5) is 29.5. The van der Waals surface area contributed by atoms with Gasteiger partial charge in [0.25, 0.3) is 0 Å². The zero-order chi connectivity index (χ0) is 23.7. The van der Waals surface area contributed by atoms with E-state index in [1.165, 1.54) is 6.20 Å². The molecule has 1 aromatic carbocycles. The summed E-state index contributed by atoms with van der Waals surface area (Å²) >= 11 is 0. The van der Waals surface area contributed by atoms with E-state index in [4.69, 9.17) is 4.98 Å². The highest BCUT2D eigenvalue weighted by Gasteiger charge is 2.36. The molecule has 8 nitrogen and oxygen atoms in total. The van der Waals surface area contributed by atoms with Crippen molar-refractivity contribution in [2.45, 2.75) is 25.4 Å². The fourth-order valence-corrected chi connectivity index (χ4v) is 4.56. The van der Waals surface area contributed by atoms with Crippen molar-refractivity contribution in [2.75, 3.05) is 25.5 Å². The maximum Gasteiger partial charge on any atom is 0.345 e. The molecule has 0 amide bonds. The van der Waals surface area contributed by atoms with E-state index < -0.39 is 5.60 Å². The smallest absolute Gasteiger partial charge is 0.345 e. The first-order chi connectivity index (χ1) is 16.4. The number of nitrogens with one attached hydrogen (secondary N) is 2. The normalized spacial score (nSPS) is 16.9. The highest BCUT2D eigenvalue weighted by atomic mass is 16.3. The predicted octanol–water partition coefficient (Wildman–Crippen LogP) is 3.67. The van der Waals surface area contributed by atoms with Gasteiger partial charge in [0.15, 0.2) is 0 Å². The fourth-order valence-electron chi connectivity index (χ4n) is 4.56. The molecular weight excluding hydrogens is 428 g/mol. The van der Waals surface area contributed by atoms with Crippen LogP contribution in [0.2, 0.25) is 0 Å². The van der Waals surface area contributed by atoms with Crippen LogP contribution in [0.1, 0.15) is 25.5 Å². The third-order valence-corrected chi connectivity index (χ3v) is 6.75. The molecule has 0 radical (unpaired) electrons. The summed E-state index contributed by atoms with van der Waals surface area (Å²) in [6.45, 7) is 3.86. The van der Waals surface area contributed by atoms with E-state index in [-0.39, 0.29) is 11.6 Å². The van der Waals surface area contributed by atoms with Gasteiger partial charge in [0, 0.05) is 29.5 Å². The van der Waals surface area contributed by atoms with Gasteiger partial charge in [-0.2, -0.15) is 0 Å². The molecule has 0 aliphatic carbocycles. The van der Waals surface area contributed by atoms with Gasteiger partial charge in [-0.25, -0.2) is 19.7 Å². The van der Waals surface area contributed by atoms with Gasteiger partial charge in [0.1, 0.15) is 11.4 Å². The van der Waals surface area contributed by atoms with Gasteiger partial charge in [-0.1, -0.05) is 12.1 Å². The maximum atomic E-state index is 11.5. The van der Waals surface area contributed by atoms with Crippen LogP contribution in [0.15, 0.2) is 65.7 Å². The molecule has 174 valence electrons. The minimum atomic E-state index is -0.976. The zero-order valence-electron chi connectivity index (χ0n) is 19.3. The lowest BCUT2D eigenvalue weighted by molar-refractivity contribution is -0.0334. The monoisotopic (exact) mass is 456 g/mol. The summed E-state index contributed by atoms with van der Waals surface area (Å²) in [7, 11) is 2.12. The Kier molecular flexibility index (Phi) is 5.85. The number of piperidine rings is 1. The number of pyridine rings is 2. The highest BCUT2D eigenvalue weighted by molar-refractivity contribution is 5.81. The third kappa shape index (κ3) is 4.55. The molecule has 0 spiro atoms. The van der Waals surface area contributed by atoms with E-state index in [1.54, 1.807) is 12.3 Å². The topological polar surface area (TPSA) is 107 Å². The molecule has 0 saturated carbocycles. The Labute approximate surface area is 197 Å². The van der Waals surface area contributed by atoms with Crippen LogP contribution in [-0.2, 0) is 5.60 Å². The molecule has 1 saturated heterocycles. The standard InChI is InChI=1S/C26H28N6O2/c1-26(34,19-10-13-32(2)14-11-19)23-8-5-18-16-28-24(15-22(18)30-23)29-20-6-3-17(4-7-20)21-9-12-27-25(33)31-21/h3-9,12,15-16,19,34H,10-11,13-14H2,1-2H3,(H,28,29)(H,27,31,33)/t26-/m1/s1. The molecule has 1 aliphatic heterocycles. The summed E-state index contributed by atoms with van der Waals surface area (Å²) in [5.41, 5.74) is 2.60. The van der Waals surface area contributed by atoms with Crippen LogP contribution in [0, 0.1) is 5.92 Å². The molecule has 4 heterocycles. The number of benzene rings is 1. The Morgan fingerprint density at radius 1 is 1.09 bits per heavy atom. The first-order valence-corrected chi connectivity index (χ1v) is 11.5. The van der Waals surface area contributed by atoms with Crippen molar-refractivity contribution in [3.63, 3.8) is 0 Å². The Hall–Kier alpha value is -3.62. The zero-order valence-corrected chi connectivity index (χ0v) is 19.3. The quantitative estimate of drug-likeness (QED) is 0.421. The van der Waals surface area contributed by atoms with Crippen molar-refractivity contribution in [1.29, 1.82) is 0 Å². The van der Waals surface area contributed by atoms with E-state index in [2.05, 4.69) is 32.2 Å². The molecule has 5 rings (SSSR count). The van der Waals surface area contributed by atoms with Gasteiger partial charge in [-0.05, 0) is 81.7 Å². The highest BCUT2D eigenvalue weighted by Crippen LogP contribution is 2.36. The van der Waals surface area contributed by atoms with Crippen LogP contribution in [0.25, 0.3) is 22.2 Å². The molecule has 3 aromatic heterocycles. The van der Waals surface area contributed by atoms with Crippen molar-refractivity contribution < 1.29 is 5.11 Å². The number of aromatic amines is 1. The Balaban J connectivity index is 1.37. The molecule has 0 bridgehead atoms. The van der Waals surface area contributed by atoms with Crippen molar-refractivity contribution >= 4 is 22.4 Å². The van der Waals surface area contributed by atoms with Gasteiger partial charge in [-0.3, -0.25) is 0 Å². The SMILES string of the molecule is CN1CCC([C@@](C)(O)c2ccc3cnc(Nc4ccc(-c5ccnc(=O)[nH]5)cc4)cc3n2)CC1. The predicted molar refractivity (Wildman–Crippen MR) is 133 cm³/mol. The molecule has 0 unspecified atom stereocenters. The van der Waals surface area contributed by atoms with Crippen molar-refractivity contribution in [2.24, 2.45) is 5.92 Å². The summed E-state index contributed by atoms with van der Waals surface area (Å²) < 4.78 is 0. The second-order valence-electron chi connectivity index (χ2n) is 9.17. The number of anilines is 2. The van der Waals surface area contributed by atoms with Gasteiger partial charge in [0.05, 0.1) is 16.9 Å². The molecule has 4 aromatic rings. The second-order valence-corrected chi connectivity index (χ2v) is 9.17. The van der Waals surface area contributed by atoms with Gasteiger partial charge in [0.2, 0.25) is 0 Å². The van der Waals surface area contributed by atoms with Crippen molar-refractivity contribution in [1.82, 2.24) is 24.8 Å². The van der Waals surface area contributed by atoms with E-state index in [9.17, 15) is 9.90 Å². The van der Waals surface area contributed by atoms with Crippen LogP contribution in [-0.4, -0.2) is 50.1 Å². The van der Waals surface area contributed by atoms with Crippen LogP contribution in [0.3, 0.4) is 0 Å². The third-order valence-electron chi connectivity index (χ3n) is 6.75. The molecule has 8 heteroatoms. The number of aromatic nitrogens is 4. The van der Waals surface area contributed by atoms with Crippen LogP contribution in [0.4, 0.5) is 11.5 Å². The number of H-pyrrole nitrogens is 1. The Morgan fingerprint density at radius 2 is 1.85 bits per heavy atom. The summed E-state index contributed by atoms with van der Waals surface area (Å²) in [5.74, 6) is 0.850. The fraction of sp³-hybridized carbons (Fsp3) is 0.308. The van der Waals surface area contributed by atoms with E-state index in [1.807, 2.05) is 49.4 Å². The largest absolute Gasteiger partial charge is 0.384 e. The van der Waals surface area contributed by atoms with Gasteiger partial charge >= 0.3 is 5.69 Å². The first-order valence-electron chi connectivity index (χ1n) is 11.5.